The van der Waals surface area contributed by atoms with Crippen molar-refractivity contribution in [2.45, 2.75) is 13.0 Å². The lowest BCUT2D eigenvalue weighted by atomic mass is 10.0. The molecule has 3 N–H and O–H groups in total. The smallest absolute Gasteiger partial charge is 0.211 e. The van der Waals surface area contributed by atoms with Crippen molar-refractivity contribution in [3.63, 3.8) is 0 Å². The molecule has 6 heteroatoms. The molecule has 0 spiro atoms. The Balaban J connectivity index is 2.40. The fraction of sp³-hybridized carbons (Fsp3) is 0.308. The van der Waals surface area contributed by atoms with Crippen LogP contribution in [0.1, 0.15) is 22.9 Å². The van der Waals surface area contributed by atoms with Gasteiger partial charge in [0.25, 0.3) is 0 Å². The van der Waals surface area contributed by atoms with Crippen LogP contribution >= 0.6 is 0 Å². The molecule has 1 heterocycles. The van der Waals surface area contributed by atoms with Gasteiger partial charge in [-0.15, -0.1) is 0 Å². The molecule has 0 aliphatic heterocycles. The molecule has 1 aromatic heterocycles. The number of rotatable bonds is 4. The Hall–Kier alpha value is -1.92. The number of hydrazine groups is 1. The van der Waals surface area contributed by atoms with Gasteiger partial charge in [-0.2, -0.15) is 5.10 Å². The topological polar surface area (TPSA) is 65.1 Å². The highest BCUT2D eigenvalue weighted by Gasteiger charge is 2.18. The highest BCUT2D eigenvalue weighted by molar-refractivity contribution is 5.33. The van der Waals surface area contributed by atoms with Gasteiger partial charge in [0.15, 0.2) is 0 Å². The average molecular weight is 264 g/mol. The molecule has 19 heavy (non-hydrogen) atoms. The van der Waals surface area contributed by atoms with Gasteiger partial charge in [-0.05, 0) is 24.1 Å². The number of aromatic nitrogens is 2. The molecule has 0 radical (unpaired) electrons. The van der Waals surface area contributed by atoms with Crippen molar-refractivity contribution in [1.82, 2.24) is 15.2 Å². The summed E-state index contributed by atoms with van der Waals surface area (Å²) in [6.07, 6.45) is 0. The van der Waals surface area contributed by atoms with Crippen LogP contribution in [0.5, 0.6) is 5.88 Å². The first-order valence-electron chi connectivity index (χ1n) is 5.87. The van der Waals surface area contributed by atoms with Gasteiger partial charge >= 0.3 is 0 Å². The second kappa shape index (κ2) is 5.38. The van der Waals surface area contributed by atoms with Crippen molar-refractivity contribution >= 4 is 0 Å². The lowest BCUT2D eigenvalue weighted by molar-refractivity contribution is 0.373. The average Bonchev–Trinajstić information content (AvgIpc) is 2.75. The fourth-order valence-corrected chi connectivity index (χ4v) is 2.00. The van der Waals surface area contributed by atoms with Gasteiger partial charge in [0.05, 0.1) is 18.8 Å². The van der Waals surface area contributed by atoms with E-state index in [1.54, 1.807) is 44.0 Å². The second-order valence-corrected chi connectivity index (χ2v) is 4.34. The minimum Gasteiger partial charge on any atom is -0.481 e. The summed E-state index contributed by atoms with van der Waals surface area (Å²) in [5.74, 6) is 5.99. The van der Waals surface area contributed by atoms with Crippen LogP contribution < -0.4 is 16.0 Å². The molecule has 0 bridgehead atoms. The standard InChI is InChI=1S/C13H17FN4O/c1-8-6-9(4-5-10(8)14)13(16-15)11-7-12(19-3)18(2)17-11/h4-7,13,16H,15H2,1-3H3. The molecule has 1 aromatic carbocycles. The zero-order valence-corrected chi connectivity index (χ0v) is 11.1. The van der Waals surface area contributed by atoms with Crippen molar-refractivity contribution in [2.24, 2.45) is 12.9 Å². The van der Waals surface area contributed by atoms with Crippen LogP contribution in [-0.4, -0.2) is 16.9 Å². The lowest BCUT2D eigenvalue weighted by Crippen LogP contribution is -2.29. The Bertz CT molecular complexity index is 582. The van der Waals surface area contributed by atoms with E-state index in [1.807, 2.05) is 0 Å². The molecule has 5 nitrogen and oxygen atoms in total. The molecule has 102 valence electrons. The summed E-state index contributed by atoms with van der Waals surface area (Å²) < 4.78 is 20.1. The first-order chi connectivity index (χ1) is 9.06. The Kier molecular flexibility index (Phi) is 3.82. The number of aryl methyl sites for hydroxylation is 2. The van der Waals surface area contributed by atoms with Crippen molar-refractivity contribution in [1.29, 1.82) is 0 Å². The Morgan fingerprint density at radius 2 is 2.16 bits per heavy atom. The molecule has 0 saturated carbocycles. The van der Waals surface area contributed by atoms with Gasteiger partial charge < -0.3 is 4.74 Å². The van der Waals surface area contributed by atoms with E-state index in [2.05, 4.69) is 10.5 Å². The number of methoxy groups -OCH3 is 1. The van der Waals surface area contributed by atoms with Crippen LogP contribution in [0, 0.1) is 12.7 Å². The molecule has 0 aliphatic rings. The number of ether oxygens (including phenoxy) is 1. The van der Waals surface area contributed by atoms with Crippen LogP contribution in [0.15, 0.2) is 24.3 Å². The van der Waals surface area contributed by atoms with E-state index < -0.39 is 0 Å². The van der Waals surface area contributed by atoms with Crippen LogP contribution in [0.3, 0.4) is 0 Å². The van der Waals surface area contributed by atoms with E-state index in [0.29, 0.717) is 17.1 Å². The molecule has 1 unspecified atom stereocenters. The summed E-state index contributed by atoms with van der Waals surface area (Å²) in [6, 6.07) is 6.35. The first-order valence-corrected chi connectivity index (χ1v) is 5.87. The van der Waals surface area contributed by atoms with Gasteiger partial charge in [-0.25, -0.2) is 14.5 Å². The first kappa shape index (κ1) is 13.5. The predicted octanol–water partition coefficient (Wildman–Crippen LogP) is 1.43. The van der Waals surface area contributed by atoms with Crippen molar-refractivity contribution < 1.29 is 9.13 Å². The summed E-state index contributed by atoms with van der Waals surface area (Å²) in [5.41, 5.74) is 4.83. The van der Waals surface area contributed by atoms with E-state index in [4.69, 9.17) is 10.6 Å². The maximum Gasteiger partial charge on any atom is 0.211 e. The third kappa shape index (κ3) is 2.59. The summed E-state index contributed by atoms with van der Waals surface area (Å²) in [5, 5.41) is 4.34. The van der Waals surface area contributed by atoms with Crippen molar-refractivity contribution in [3.05, 3.63) is 46.9 Å². The van der Waals surface area contributed by atoms with Gasteiger partial charge in [-0.3, -0.25) is 5.84 Å². The van der Waals surface area contributed by atoms with E-state index >= 15 is 0 Å². The third-order valence-corrected chi connectivity index (χ3v) is 3.04. The minimum absolute atomic E-state index is 0.238. The maximum absolute atomic E-state index is 13.3. The molecule has 2 rings (SSSR count). The van der Waals surface area contributed by atoms with Gasteiger partial charge in [0, 0.05) is 13.1 Å². The Morgan fingerprint density at radius 3 is 2.68 bits per heavy atom. The largest absolute Gasteiger partial charge is 0.481 e. The summed E-state index contributed by atoms with van der Waals surface area (Å²) in [4.78, 5) is 0. The third-order valence-electron chi connectivity index (χ3n) is 3.04. The second-order valence-electron chi connectivity index (χ2n) is 4.34. The van der Waals surface area contributed by atoms with E-state index in [9.17, 15) is 4.39 Å². The van der Waals surface area contributed by atoms with Gasteiger partial charge in [-0.1, -0.05) is 12.1 Å². The van der Waals surface area contributed by atoms with Gasteiger partial charge in [0.1, 0.15) is 5.82 Å². The number of benzene rings is 1. The van der Waals surface area contributed by atoms with E-state index in [1.165, 1.54) is 6.07 Å². The SMILES string of the molecule is COc1cc(C(NN)c2ccc(F)c(C)c2)nn1C. The lowest BCUT2D eigenvalue weighted by Gasteiger charge is -2.14. The molecule has 2 aromatic rings. The summed E-state index contributed by atoms with van der Waals surface area (Å²) in [7, 11) is 3.36. The molecule has 1 atom stereocenters. The van der Waals surface area contributed by atoms with Crippen molar-refractivity contribution in [3.8, 4) is 5.88 Å². The summed E-state index contributed by atoms with van der Waals surface area (Å²) >= 11 is 0. The zero-order valence-electron chi connectivity index (χ0n) is 11.1. The van der Waals surface area contributed by atoms with E-state index in [-0.39, 0.29) is 11.9 Å². The fourth-order valence-electron chi connectivity index (χ4n) is 2.00. The molecular formula is C13H17FN4O. The number of nitrogens with two attached hydrogens (primary N) is 1. The summed E-state index contributed by atoms with van der Waals surface area (Å²) in [6.45, 7) is 1.71. The number of hydrogen-bond donors (Lipinski definition) is 2. The Morgan fingerprint density at radius 1 is 1.42 bits per heavy atom. The molecule has 0 fully saturated rings. The number of nitrogens with zero attached hydrogens (tertiary/aromatic N) is 2. The zero-order chi connectivity index (χ0) is 14.0. The number of hydrogen-bond acceptors (Lipinski definition) is 4. The predicted molar refractivity (Wildman–Crippen MR) is 70.1 cm³/mol. The number of halogens is 1. The highest BCUT2D eigenvalue weighted by Crippen LogP contribution is 2.24. The van der Waals surface area contributed by atoms with Crippen LogP contribution in [0.2, 0.25) is 0 Å². The minimum atomic E-state index is -0.311. The quantitative estimate of drug-likeness (QED) is 0.647. The van der Waals surface area contributed by atoms with Crippen molar-refractivity contribution in [2.75, 3.05) is 7.11 Å². The monoisotopic (exact) mass is 264 g/mol. The van der Waals surface area contributed by atoms with Gasteiger partial charge in [0.2, 0.25) is 5.88 Å². The van der Waals surface area contributed by atoms with Crippen LogP contribution in [0.4, 0.5) is 4.39 Å². The highest BCUT2D eigenvalue weighted by atomic mass is 19.1. The molecular weight excluding hydrogens is 247 g/mol. The maximum atomic E-state index is 13.3. The Labute approximate surface area is 111 Å². The molecule has 0 amide bonds. The van der Waals surface area contributed by atoms with Crippen LogP contribution in [0.25, 0.3) is 0 Å². The number of nitrogens with one attached hydrogen (secondary N) is 1. The molecule has 0 aliphatic carbocycles. The molecule has 0 saturated heterocycles. The van der Waals surface area contributed by atoms with E-state index in [0.717, 1.165) is 5.56 Å². The normalized spacial score (nSPS) is 12.5. The van der Waals surface area contributed by atoms with Crippen LogP contribution in [-0.2, 0) is 7.05 Å².